The van der Waals surface area contributed by atoms with Crippen molar-refractivity contribution in [1.82, 2.24) is 4.72 Å². The third-order valence-corrected chi connectivity index (χ3v) is 5.88. The largest absolute Gasteiger partial charge is 0.372 e. The van der Waals surface area contributed by atoms with Crippen molar-refractivity contribution in [2.45, 2.75) is 32.6 Å². The van der Waals surface area contributed by atoms with E-state index in [-0.39, 0.29) is 11.4 Å². The Kier molecular flexibility index (Phi) is 6.98. The van der Waals surface area contributed by atoms with Gasteiger partial charge in [-0.05, 0) is 69.2 Å². The molecule has 0 aliphatic heterocycles. The average molecular weight is 390 g/mol. The molecule has 7 heteroatoms. The van der Waals surface area contributed by atoms with Crippen LogP contribution in [-0.4, -0.2) is 34.0 Å². The van der Waals surface area contributed by atoms with Crippen LogP contribution in [0.1, 0.15) is 25.0 Å². The molecular weight excluding hydrogens is 362 g/mol. The normalized spacial score (nSPS) is 11.3. The van der Waals surface area contributed by atoms with E-state index in [9.17, 15) is 13.2 Å². The van der Waals surface area contributed by atoms with Gasteiger partial charge < -0.3 is 10.2 Å². The molecule has 0 heterocycles. The second-order valence-corrected chi connectivity index (χ2v) is 8.10. The maximum absolute atomic E-state index is 12.5. The Balaban J connectivity index is 1.98. The molecule has 0 saturated heterocycles. The number of nitrogens with zero attached hydrogens (tertiary/aromatic N) is 1. The highest BCUT2D eigenvalue weighted by Gasteiger charge is 2.18. The molecule has 0 saturated carbocycles. The summed E-state index contributed by atoms with van der Waals surface area (Å²) in [7, 11) is -3.74. The molecule has 2 aromatic rings. The molecule has 0 radical (unpaired) electrons. The van der Waals surface area contributed by atoms with Crippen molar-refractivity contribution in [3.8, 4) is 0 Å². The van der Waals surface area contributed by atoms with Gasteiger partial charge in [0.15, 0.2) is 0 Å². The molecule has 2 aromatic carbocycles. The summed E-state index contributed by atoms with van der Waals surface area (Å²) in [6.07, 6.45) is 0. The van der Waals surface area contributed by atoms with Crippen LogP contribution >= 0.6 is 0 Å². The monoisotopic (exact) mass is 389 g/mol. The van der Waals surface area contributed by atoms with Gasteiger partial charge in [-0.3, -0.25) is 4.79 Å². The minimum atomic E-state index is -3.74. The first-order valence-electron chi connectivity index (χ1n) is 8.98. The van der Waals surface area contributed by atoms with Crippen molar-refractivity contribution in [2.75, 3.05) is 29.9 Å². The zero-order chi connectivity index (χ0) is 20.0. The minimum Gasteiger partial charge on any atom is -0.372 e. The lowest BCUT2D eigenvalue weighted by Gasteiger charge is -2.21. The van der Waals surface area contributed by atoms with Crippen LogP contribution in [0, 0.1) is 13.8 Å². The van der Waals surface area contributed by atoms with Gasteiger partial charge in [0, 0.05) is 24.5 Å². The first kappa shape index (κ1) is 20.9. The Morgan fingerprint density at radius 2 is 1.63 bits per heavy atom. The van der Waals surface area contributed by atoms with Crippen LogP contribution in [0.2, 0.25) is 0 Å². The Morgan fingerprint density at radius 3 is 2.22 bits per heavy atom. The summed E-state index contributed by atoms with van der Waals surface area (Å²) in [5, 5.41) is 2.71. The van der Waals surface area contributed by atoms with Gasteiger partial charge in [-0.1, -0.05) is 12.1 Å². The Labute approximate surface area is 161 Å². The predicted molar refractivity (Wildman–Crippen MR) is 110 cm³/mol. The van der Waals surface area contributed by atoms with Crippen molar-refractivity contribution in [1.29, 1.82) is 0 Å². The molecule has 0 atom stereocenters. The number of carbonyl (C=O) groups is 1. The zero-order valence-electron chi connectivity index (χ0n) is 16.2. The Hall–Kier alpha value is -2.38. The summed E-state index contributed by atoms with van der Waals surface area (Å²) in [6.45, 7) is 9.21. The molecule has 2 N–H and O–H groups in total. The highest BCUT2D eigenvalue weighted by Crippen LogP contribution is 2.18. The van der Waals surface area contributed by atoms with E-state index in [2.05, 4.69) is 28.8 Å². The lowest BCUT2D eigenvalue weighted by Crippen LogP contribution is -2.33. The maximum Gasteiger partial charge on any atom is 0.241 e. The molecule has 146 valence electrons. The Morgan fingerprint density at radius 1 is 1.00 bits per heavy atom. The molecule has 1 amide bonds. The van der Waals surface area contributed by atoms with Gasteiger partial charge in [-0.25, -0.2) is 13.1 Å². The van der Waals surface area contributed by atoms with Crippen LogP contribution in [0.25, 0.3) is 0 Å². The van der Waals surface area contributed by atoms with Crippen molar-refractivity contribution in [3.05, 3.63) is 53.6 Å². The van der Waals surface area contributed by atoms with Gasteiger partial charge in [-0.2, -0.15) is 0 Å². The van der Waals surface area contributed by atoms with Crippen LogP contribution < -0.4 is 14.9 Å². The van der Waals surface area contributed by atoms with Gasteiger partial charge >= 0.3 is 0 Å². The molecule has 6 nitrogen and oxygen atoms in total. The maximum atomic E-state index is 12.5. The third-order valence-electron chi connectivity index (χ3n) is 4.34. The number of anilines is 2. The van der Waals surface area contributed by atoms with Gasteiger partial charge in [0.25, 0.3) is 0 Å². The van der Waals surface area contributed by atoms with Gasteiger partial charge in [0.2, 0.25) is 15.9 Å². The molecule has 27 heavy (non-hydrogen) atoms. The van der Waals surface area contributed by atoms with Crippen molar-refractivity contribution >= 4 is 27.3 Å². The van der Waals surface area contributed by atoms with E-state index in [0.29, 0.717) is 11.3 Å². The summed E-state index contributed by atoms with van der Waals surface area (Å²) < 4.78 is 27.3. The fourth-order valence-electron chi connectivity index (χ4n) is 2.78. The highest BCUT2D eigenvalue weighted by molar-refractivity contribution is 7.89. The lowest BCUT2D eigenvalue weighted by molar-refractivity contribution is -0.115. The number of hydrogen-bond acceptors (Lipinski definition) is 4. The van der Waals surface area contributed by atoms with E-state index in [1.165, 1.54) is 0 Å². The van der Waals surface area contributed by atoms with Gasteiger partial charge in [0.05, 0.1) is 11.4 Å². The summed E-state index contributed by atoms with van der Waals surface area (Å²) in [5.41, 5.74) is 3.19. The molecular formula is C20H27N3O3S. The average Bonchev–Trinajstić information content (AvgIpc) is 2.64. The van der Waals surface area contributed by atoms with Crippen molar-refractivity contribution < 1.29 is 13.2 Å². The van der Waals surface area contributed by atoms with E-state index in [4.69, 9.17) is 0 Å². The smallest absolute Gasteiger partial charge is 0.241 e. The first-order valence-corrected chi connectivity index (χ1v) is 10.5. The molecule has 0 unspecified atom stereocenters. The summed E-state index contributed by atoms with van der Waals surface area (Å²) in [6, 6.07) is 12.7. The highest BCUT2D eigenvalue weighted by atomic mass is 32.2. The molecule has 2 rings (SSSR count). The number of amides is 1. The molecule has 0 spiro atoms. The molecule has 0 aliphatic carbocycles. The SMILES string of the molecule is CCN(CC)c1ccc(NC(=O)CNS(=O)(=O)c2cc(C)ccc2C)cc1. The topological polar surface area (TPSA) is 78.5 Å². The number of benzene rings is 2. The van der Waals surface area contributed by atoms with Crippen molar-refractivity contribution in [2.24, 2.45) is 0 Å². The van der Waals surface area contributed by atoms with E-state index in [0.717, 1.165) is 24.3 Å². The lowest BCUT2D eigenvalue weighted by atomic mass is 10.2. The molecule has 0 bridgehead atoms. The second kappa shape index (κ2) is 9.01. The summed E-state index contributed by atoms with van der Waals surface area (Å²) in [5.74, 6) is -0.417. The number of aryl methyl sites for hydroxylation is 2. The van der Waals surface area contributed by atoms with Crippen molar-refractivity contribution in [3.63, 3.8) is 0 Å². The number of hydrogen-bond donors (Lipinski definition) is 2. The quantitative estimate of drug-likeness (QED) is 0.727. The van der Waals surface area contributed by atoms with Crippen LogP contribution in [0.4, 0.5) is 11.4 Å². The number of nitrogens with one attached hydrogen (secondary N) is 2. The van der Waals surface area contributed by atoms with Crippen LogP contribution in [0.3, 0.4) is 0 Å². The van der Waals surface area contributed by atoms with E-state index < -0.39 is 15.9 Å². The zero-order valence-corrected chi connectivity index (χ0v) is 17.1. The fourth-order valence-corrected chi connectivity index (χ4v) is 4.09. The first-order chi connectivity index (χ1) is 12.8. The summed E-state index contributed by atoms with van der Waals surface area (Å²) >= 11 is 0. The fraction of sp³-hybridized carbons (Fsp3) is 0.350. The number of sulfonamides is 1. The van der Waals surface area contributed by atoms with Crippen LogP contribution in [-0.2, 0) is 14.8 Å². The van der Waals surface area contributed by atoms with E-state index in [1.807, 2.05) is 37.3 Å². The summed E-state index contributed by atoms with van der Waals surface area (Å²) in [4.78, 5) is 14.5. The van der Waals surface area contributed by atoms with Crippen LogP contribution in [0.5, 0.6) is 0 Å². The van der Waals surface area contributed by atoms with E-state index in [1.54, 1.807) is 19.1 Å². The van der Waals surface area contributed by atoms with Gasteiger partial charge in [0.1, 0.15) is 0 Å². The molecule has 0 aliphatic rings. The van der Waals surface area contributed by atoms with Gasteiger partial charge in [-0.15, -0.1) is 0 Å². The number of rotatable bonds is 8. The standard InChI is InChI=1S/C20H27N3O3S/c1-5-23(6-2)18-11-9-17(10-12-18)22-20(24)14-21-27(25,26)19-13-15(3)7-8-16(19)4/h7-13,21H,5-6,14H2,1-4H3,(H,22,24). The minimum absolute atomic E-state index is 0.193. The van der Waals surface area contributed by atoms with Crippen LogP contribution in [0.15, 0.2) is 47.4 Å². The molecule has 0 fully saturated rings. The second-order valence-electron chi connectivity index (χ2n) is 6.36. The third kappa shape index (κ3) is 5.55. The predicted octanol–water partition coefficient (Wildman–Crippen LogP) is 3.07. The van der Waals surface area contributed by atoms with E-state index >= 15 is 0 Å². The Bertz CT molecular complexity index is 889. The number of carbonyl (C=O) groups excluding carboxylic acids is 1. The molecule has 0 aromatic heterocycles.